The molecule has 0 heterocycles. The number of nitrogens with zero attached hydrogens (tertiary/aromatic N) is 1. The highest BCUT2D eigenvalue weighted by molar-refractivity contribution is 9.10. The van der Waals surface area contributed by atoms with Crippen molar-refractivity contribution < 1.29 is 9.90 Å². The fraction of sp³-hybridized carbons (Fsp3) is 0. The Morgan fingerprint density at radius 1 is 0.926 bits per heavy atom. The van der Waals surface area contributed by atoms with E-state index in [9.17, 15) is 9.90 Å². The lowest BCUT2D eigenvalue weighted by molar-refractivity contribution is 0.0952. The topological polar surface area (TPSA) is 61.7 Å². The van der Waals surface area contributed by atoms with Crippen molar-refractivity contribution in [2.45, 2.75) is 0 Å². The van der Waals surface area contributed by atoms with Gasteiger partial charge in [0.15, 0.2) is 0 Å². The number of phenols is 1. The van der Waals surface area contributed by atoms with Gasteiger partial charge < -0.3 is 5.11 Å². The highest BCUT2D eigenvalue weighted by Crippen LogP contribution is 2.27. The molecule has 0 radical (unpaired) electrons. The SMILES string of the molecule is O=C(N/N=C/c1c2ccccc2cc2ccccc12)c1cc(Br)ccc1O. The summed E-state index contributed by atoms with van der Waals surface area (Å²) in [6.45, 7) is 0. The van der Waals surface area contributed by atoms with Crippen LogP contribution < -0.4 is 5.43 Å². The Hall–Kier alpha value is -3.18. The normalized spacial score (nSPS) is 11.3. The van der Waals surface area contributed by atoms with Crippen LogP contribution in [0.3, 0.4) is 0 Å². The first kappa shape index (κ1) is 17.2. The first-order valence-electron chi connectivity index (χ1n) is 8.36. The molecule has 0 aromatic heterocycles. The second kappa shape index (κ2) is 7.21. The van der Waals surface area contributed by atoms with Crippen molar-refractivity contribution >= 4 is 49.6 Å². The molecule has 0 spiro atoms. The molecule has 0 fully saturated rings. The van der Waals surface area contributed by atoms with Crippen LogP contribution in [0.25, 0.3) is 21.5 Å². The van der Waals surface area contributed by atoms with E-state index >= 15 is 0 Å². The minimum Gasteiger partial charge on any atom is -0.507 e. The minimum atomic E-state index is -0.477. The zero-order valence-corrected chi connectivity index (χ0v) is 15.8. The predicted octanol–water partition coefficient (Wildman–Crippen LogP) is 5.23. The number of halogens is 1. The Labute approximate surface area is 164 Å². The molecule has 0 unspecified atom stereocenters. The maximum absolute atomic E-state index is 12.3. The van der Waals surface area contributed by atoms with E-state index in [1.54, 1.807) is 18.3 Å². The molecule has 0 aliphatic heterocycles. The first-order valence-corrected chi connectivity index (χ1v) is 9.15. The van der Waals surface area contributed by atoms with Crippen molar-refractivity contribution in [3.8, 4) is 5.75 Å². The fourth-order valence-corrected chi connectivity index (χ4v) is 3.45. The van der Waals surface area contributed by atoms with E-state index in [2.05, 4.69) is 44.7 Å². The van der Waals surface area contributed by atoms with Crippen molar-refractivity contribution in [1.82, 2.24) is 5.43 Å². The lowest BCUT2D eigenvalue weighted by Crippen LogP contribution is -2.17. The van der Waals surface area contributed by atoms with Crippen molar-refractivity contribution in [3.05, 3.63) is 88.4 Å². The molecule has 27 heavy (non-hydrogen) atoms. The standard InChI is InChI=1S/C22H15BrN2O2/c23-16-9-10-21(26)19(12-16)22(27)25-24-13-20-17-7-3-1-5-14(17)11-15-6-2-4-8-18(15)20/h1-13,26H,(H,25,27)/b24-13+. The van der Waals surface area contributed by atoms with Crippen LogP contribution in [0.1, 0.15) is 15.9 Å². The van der Waals surface area contributed by atoms with Crippen LogP contribution >= 0.6 is 15.9 Å². The maximum Gasteiger partial charge on any atom is 0.275 e. The van der Waals surface area contributed by atoms with Gasteiger partial charge in [0.05, 0.1) is 11.8 Å². The van der Waals surface area contributed by atoms with Crippen molar-refractivity contribution in [3.63, 3.8) is 0 Å². The molecule has 4 nitrogen and oxygen atoms in total. The number of benzene rings is 4. The summed E-state index contributed by atoms with van der Waals surface area (Å²) < 4.78 is 0.703. The molecule has 0 aliphatic rings. The predicted molar refractivity (Wildman–Crippen MR) is 112 cm³/mol. The highest BCUT2D eigenvalue weighted by atomic mass is 79.9. The summed E-state index contributed by atoms with van der Waals surface area (Å²) >= 11 is 3.29. The number of amides is 1. The number of rotatable bonds is 3. The monoisotopic (exact) mass is 418 g/mol. The average Bonchev–Trinajstić information content (AvgIpc) is 2.69. The molecule has 1 amide bonds. The van der Waals surface area contributed by atoms with E-state index in [0.717, 1.165) is 27.1 Å². The summed E-state index contributed by atoms with van der Waals surface area (Å²) in [7, 11) is 0. The van der Waals surface area contributed by atoms with Crippen LogP contribution in [-0.4, -0.2) is 17.2 Å². The molecule has 132 valence electrons. The number of aromatic hydroxyl groups is 1. The number of fused-ring (bicyclic) bond motifs is 2. The van der Waals surface area contributed by atoms with Crippen molar-refractivity contribution in [2.24, 2.45) is 5.10 Å². The van der Waals surface area contributed by atoms with Crippen LogP contribution in [-0.2, 0) is 0 Å². The molecule has 0 aliphatic carbocycles. The molecule has 0 atom stereocenters. The minimum absolute atomic E-state index is 0.0958. The molecular weight excluding hydrogens is 404 g/mol. The summed E-state index contributed by atoms with van der Waals surface area (Å²) in [6, 6.07) is 22.9. The molecule has 0 saturated heterocycles. The van der Waals surface area contributed by atoms with Crippen molar-refractivity contribution in [1.29, 1.82) is 0 Å². The quantitative estimate of drug-likeness (QED) is 0.272. The number of hydrazone groups is 1. The van der Waals surface area contributed by atoms with E-state index in [-0.39, 0.29) is 11.3 Å². The fourth-order valence-electron chi connectivity index (χ4n) is 3.09. The Bertz CT molecular complexity index is 1150. The molecule has 4 aromatic carbocycles. The number of phenolic OH excluding ortho intramolecular Hbond substituents is 1. The van der Waals surface area contributed by atoms with Crippen LogP contribution in [0.5, 0.6) is 5.75 Å². The van der Waals surface area contributed by atoms with E-state index in [0.29, 0.717) is 4.47 Å². The summed E-state index contributed by atoms with van der Waals surface area (Å²) in [5, 5.41) is 18.3. The molecule has 4 aromatic rings. The second-order valence-corrected chi connectivity index (χ2v) is 7.01. The lowest BCUT2D eigenvalue weighted by atomic mass is 9.97. The van der Waals surface area contributed by atoms with E-state index in [1.165, 1.54) is 6.07 Å². The van der Waals surface area contributed by atoms with Gasteiger partial charge in [-0.1, -0.05) is 64.5 Å². The summed E-state index contributed by atoms with van der Waals surface area (Å²) in [5.41, 5.74) is 3.58. The Balaban J connectivity index is 1.72. The van der Waals surface area contributed by atoms with Gasteiger partial charge in [0.2, 0.25) is 0 Å². The molecule has 2 N–H and O–H groups in total. The zero-order valence-electron chi connectivity index (χ0n) is 14.2. The van der Waals surface area contributed by atoms with Gasteiger partial charge in [-0.25, -0.2) is 5.43 Å². The number of carbonyl (C=O) groups excluding carboxylic acids is 1. The second-order valence-electron chi connectivity index (χ2n) is 6.09. The van der Waals surface area contributed by atoms with Gasteiger partial charge in [0, 0.05) is 10.0 Å². The number of hydrogen-bond donors (Lipinski definition) is 2. The Morgan fingerprint density at radius 2 is 1.56 bits per heavy atom. The van der Waals surface area contributed by atoms with E-state index in [1.807, 2.05) is 36.4 Å². The van der Waals surface area contributed by atoms with Crippen molar-refractivity contribution in [2.75, 3.05) is 0 Å². The summed E-state index contributed by atoms with van der Waals surface area (Å²) in [6.07, 6.45) is 1.65. The smallest absolute Gasteiger partial charge is 0.275 e. The summed E-state index contributed by atoms with van der Waals surface area (Å²) in [5.74, 6) is -0.573. The van der Waals surface area contributed by atoms with Gasteiger partial charge in [-0.05, 0) is 45.8 Å². The van der Waals surface area contributed by atoms with Crippen LogP contribution in [0.15, 0.2) is 82.4 Å². The lowest BCUT2D eigenvalue weighted by Gasteiger charge is -2.08. The van der Waals surface area contributed by atoms with Gasteiger partial charge >= 0.3 is 0 Å². The summed E-state index contributed by atoms with van der Waals surface area (Å²) in [4.78, 5) is 12.3. The van der Waals surface area contributed by atoms with Gasteiger partial charge in [0.1, 0.15) is 5.75 Å². The number of carbonyl (C=O) groups is 1. The number of nitrogens with one attached hydrogen (secondary N) is 1. The molecule has 0 saturated carbocycles. The molecule has 0 bridgehead atoms. The van der Waals surface area contributed by atoms with Gasteiger partial charge in [0.25, 0.3) is 5.91 Å². The molecular formula is C22H15BrN2O2. The Morgan fingerprint density at radius 3 is 2.22 bits per heavy atom. The van der Waals surface area contributed by atoms with Gasteiger partial charge in [-0.15, -0.1) is 0 Å². The largest absolute Gasteiger partial charge is 0.507 e. The van der Waals surface area contributed by atoms with Crippen LogP contribution in [0.2, 0.25) is 0 Å². The first-order chi connectivity index (χ1) is 13.1. The van der Waals surface area contributed by atoms with Gasteiger partial charge in [-0.2, -0.15) is 5.10 Å². The average molecular weight is 419 g/mol. The third-order valence-electron chi connectivity index (χ3n) is 4.38. The molecule has 4 rings (SSSR count). The highest BCUT2D eigenvalue weighted by Gasteiger charge is 2.11. The van der Waals surface area contributed by atoms with E-state index in [4.69, 9.17) is 0 Å². The van der Waals surface area contributed by atoms with E-state index < -0.39 is 5.91 Å². The third kappa shape index (κ3) is 3.41. The van der Waals surface area contributed by atoms with Gasteiger partial charge in [-0.3, -0.25) is 4.79 Å². The zero-order chi connectivity index (χ0) is 18.8. The molecule has 5 heteroatoms. The Kier molecular flexibility index (Phi) is 4.60. The maximum atomic E-state index is 12.3. The third-order valence-corrected chi connectivity index (χ3v) is 4.87. The van der Waals surface area contributed by atoms with Crippen LogP contribution in [0.4, 0.5) is 0 Å². The number of hydrogen-bond acceptors (Lipinski definition) is 3. The van der Waals surface area contributed by atoms with Crippen LogP contribution in [0, 0.1) is 0 Å².